The van der Waals surface area contributed by atoms with Crippen molar-refractivity contribution < 1.29 is 14.3 Å². The van der Waals surface area contributed by atoms with Gasteiger partial charge in [-0.15, -0.1) is 0 Å². The third-order valence-corrected chi connectivity index (χ3v) is 3.97. The van der Waals surface area contributed by atoms with Gasteiger partial charge in [-0.1, -0.05) is 35.3 Å². The number of fused-ring (bicyclic) bond motifs is 1. The fourth-order valence-electron chi connectivity index (χ4n) is 2.12. The molecule has 23 heavy (non-hydrogen) atoms. The van der Waals surface area contributed by atoms with Crippen LogP contribution < -0.4 is 20.1 Å². The molecule has 0 bridgehead atoms. The van der Waals surface area contributed by atoms with Crippen LogP contribution in [0.25, 0.3) is 0 Å². The van der Waals surface area contributed by atoms with Crippen LogP contribution in [-0.4, -0.2) is 25.3 Å². The first-order chi connectivity index (χ1) is 11.1. The van der Waals surface area contributed by atoms with Gasteiger partial charge in [-0.2, -0.15) is 0 Å². The molecule has 0 saturated heterocycles. The molecular formula is C16H14Cl2N2O3. The van der Waals surface area contributed by atoms with E-state index in [1.807, 2.05) is 24.3 Å². The van der Waals surface area contributed by atoms with E-state index in [4.69, 9.17) is 32.7 Å². The standard InChI is InChI=1S/C16H14Cl2N2O3/c17-12-6-5-10(7-13(12)18)20-16(21)19-8-11-9-22-14-3-1-2-4-15(14)23-11/h1-7,11H,8-9H2,(H2,19,20,21). The number of para-hydroxylation sites is 2. The van der Waals surface area contributed by atoms with E-state index in [0.717, 1.165) is 0 Å². The highest BCUT2D eigenvalue weighted by Gasteiger charge is 2.21. The zero-order valence-corrected chi connectivity index (χ0v) is 13.5. The molecule has 0 aliphatic carbocycles. The van der Waals surface area contributed by atoms with Crippen LogP contribution in [0.2, 0.25) is 10.0 Å². The molecule has 2 N–H and O–H groups in total. The molecule has 2 aromatic rings. The van der Waals surface area contributed by atoms with E-state index in [1.54, 1.807) is 18.2 Å². The summed E-state index contributed by atoms with van der Waals surface area (Å²) in [5.74, 6) is 1.39. The van der Waals surface area contributed by atoms with Crippen molar-refractivity contribution in [1.82, 2.24) is 5.32 Å². The van der Waals surface area contributed by atoms with Crippen LogP contribution in [0.1, 0.15) is 0 Å². The average Bonchev–Trinajstić information content (AvgIpc) is 2.56. The second kappa shape index (κ2) is 6.98. The molecular weight excluding hydrogens is 339 g/mol. The van der Waals surface area contributed by atoms with Gasteiger partial charge in [0.05, 0.1) is 16.6 Å². The SMILES string of the molecule is O=C(NCC1COc2ccccc2O1)Nc1ccc(Cl)c(Cl)c1. The minimum Gasteiger partial charge on any atom is -0.486 e. The van der Waals surface area contributed by atoms with Gasteiger partial charge in [-0.25, -0.2) is 4.79 Å². The largest absolute Gasteiger partial charge is 0.486 e. The first-order valence-electron chi connectivity index (χ1n) is 7.00. The topological polar surface area (TPSA) is 59.6 Å². The van der Waals surface area contributed by atoms with Crippen LogP contribution in [0.15, 0.2) is 42.5 Å². The fraction of sp³-hybridized carbons (Fsp3) is 0.188. The van der Waals surface area contributed by atoms with Crippen molar-refractivity contribution in [2.45, 2.75) is 6.10 Å². The number of anilines is 1. The molecule has 7 heteroatoms. The van der Waals surface area contributed by atoms with Crippen molar-refractivity contribution in [2.75, 3.05) is 18.5 Å². The van der Waals surface area contributed by atoms with Gasteiger partial charge in [0.2, 0.25) is 0 Å². The number of urea groups is 1. The quantitative estimate of drug-likeness (QED) is 0.878. The third kappa shape index (κ3) is 4.00. The maximum Gasteiger partial charge on any atom is 0.319 e. The number of hydrogen-bond acceptors (Lipinski definition) is 3. The molecule has 0 aromatic heterocycles. The summed E-state index contributed by atoms with van der Waals surface area (Å²) in [6, 6.07) is 11.9. The molecule has 0 fully saturated rings. The normalized spacial score (nSPS) is 15.8. The molecule has 1 aliphatic rings. The molecule has 0 radical (unpaired) electrons. The van der Waals surface area contributed by atoms with E-state index in [-0.39, 0.29) is 12.1 Å². The Hall–Kier alpha value is -2.11. The lowest BCUT2D eigenvalue weighted by molar-refractivity contribution is 0.0922. The molecule has 2 amide bonds. The number of amides is 2. The molecule has 1 aliphatic heterocycles. The summed E-state index contributed by atoms with van der Waals surface area (Å²) in [6.07, 6.45) is -0.246. The molecule has 0 saturated carbocycles. The van der Waals surface area contributed by atoms with Crippen molar-refractivity contribution >= 4 is 34.9 Å². The van der Waals surface area contributed by atoms with Crippen LogP contribution in [0.4, 0.5) is 10.5 Å². The summed E-state index contributed by atoms with van der Waals surface area (Å²) in [4.78, 5) is 11.9. The van der Waals surface area contributed by atoms with Crippen molar-refractivity contribution in [3.8, 4) is 11.5 Å². The molecule has 1 atom stereocenters. The zero-order chi connectivity index (χ0) is 16.2. The number of rotatable bonds is 3. The minimum atomic E-state index is -0.356. The lowest BCUT2D eigenvalue weighted by Crippen LogP contribution is -2.42. The van der Waals surface area contributed by atoms with Gasteiger partial charge in [-0.3, -0.25) is 0 Å². The molecule has 1 heterocycles. The van der Waals surface area contributed by atoms with Gasteiger partial charge in [0.1, 0.15) is 6.61 Å². The maximum absolute atomic E-state index is 11.9. The second-order valence-electron chi connectivity index (χ2n) is 4.96. The van der Waals surface area contributed by atoms with E-state index in [9.17, 15) is 4.79 Å². The van der Waals surface area contributed by atoms with Crippen molar-refractivity contribution in [3.63, 3.8) is 0 Å². The van der Waals surface area contributed by atoms with Crippen LogP contribution in [0.5, 0.6) is 11.5 Å². The highest BCUT2D eigenvalue weighted by Crippen LogP contribution is 2.30. The van der Waals surface area contributed by atoms with Crippen molar-refractivity contribution in [1.29, 1.82) is 0 Å². The number of ether oxygens (including phenoxy) is 2. The summed E-state index contributed by atoms with van der Waals surface area (Å²) >= 11 is 11.7. The van der Waals surface area contributed by atoms with E-state index in [0.29, 0.717) is 40.4 Å². The van der Waals surface area contributed by atoms with E-state index in [2.05, 4.69) is 10.6 Å². The number of benzene rings is 2. The number of hydrogen-bond donors (Lipinski definition) is 2. The molecule has 120 valence electrons. The second-order valence-corrected chi connectivity index (χ2v) is 5.78. The van der Waals surface area contributed by atoms with Crippen molar-refractivity contribution in [3.05, 3.63) is 52.5 Å². The number of carbonyl (C=O) groups excluding carboxylic acids is 1. The highest BCUT2D eigenvalue weighted by atomic mass is 35.5. The van der Waals surface area contributed by atoms with Gasteiger partial charge >= 0.3 is 6.03 Å². The van der Waals surface area contributed by atoms with Crippen LogP contribution in [0, 0.1) is 0 Å². The van der Waals surface area contributed by atoms with Gasteiger partial charge < -0.3 is 20.1 Å². The Morgan fingerprint density at radius 1 is 1.13 bits per heavy atom. The van der Waals surface area contributed by atoms with Crippen LogP contribution >= 0.6 is 23.2 Å². The Balaban J connectivity index is 1.51. The summed E-state index contributed by atoms with van der Waals surface area (Å²) in [5.41, 5.74) is 0.558. The maximum atomic E-state index is 11.9. The van der Waals surface area contributed by atoms with Gasteiger partial charge in [0.25, 0.3) is 0 Å². The molecule has 1 unspecified atom stereocenters. The Morgan fingerprint density at radius 3 is 2.70 bits per heavy atom. The monoisotopic (exact) mass is 352 g/mol. The predicted molar refractivity (Wildman–Crippen MR) is 89.8 cm³/mol. The minimum absolute atomic E-state index is 0.246. The fourth-order valence-corrected chi connectivity index (χ4v) is 2.42. The zero-order valence-electron chi connectivity index (χ0n) is 12.0. The smallest absolute Gasteiger partial charge is 0.319 e. The summed E-state index contributed by atoms with van der Waals surface area (Å²) in [5, 5.41) is 6.23. The Morgan fingerprint density at radius 2 is 1.91 bits per heavy atom. The average molecular weight is 353 g/mol. The van der Waals surface area contributed by atoms with Gasteiger partial charge in [0, 0.05) is 5.69 Å². The van der Waals surface area contributed by atoms with Crippen LogP contribution in [0.3, 0.4) is 0 Å². The number of halogens is 2. The van der Waals surface area contributed by atoms with E-state index in [1.165, 1.54) is 0 Å². The van der Waals surface area contributed by atoms with Crippen LogP contribution in [-0.2, 0) is 0 Å². The summed E-state index contributed by atoms with van der Waals surface area (Å²) < 4.78 is 11.3. The van der Waals surface area contributed by atoms with E-state index >= 15 is 0 Å². The van der Waals surface area contributed by atoms with Crippen molar-refractivity contribution in [2.24, 2.45) is 0 Å². The Kier molecular flexibility index (Phi) is 4.79. The molecule has 2 aromatic carbocycles. The Bertz CT molecular complexity index is 724. The molecule has 0 spiro atoms. The summed E-state index contributed by atoms with van der Waals surface area (Å²) in [7, 11) is 0. The predicted octanol–water partition coefficient (Wildman–Crippen LogP) is 3.95. The highest BCUT2D eigenvalue weighted by molar-refractivity contribution is 6.42. The van der Waals surface area contributed by atoms with Gasteiger partial charge in [0.15, 0.2) is 17.6 Å². The third-order valence-electron chi connectivity index (χ3n) is 3.24. The van der Waals surface area contributed by atoms with E-state index < -0.39 is 0 Å². The lowest BCUT2D eigenvalue weighted by atomic mass is 10.2. The van der Waals surface area contributed by atoms with Gasteiger partial charge in [-0.05, 0) is 30.3 Å². The number of nitrogens with one attached hydrogen (secondary N) is 2. The molecule has 5 nitrogen and oxygen atoms in total. The molecule has 3 rings (SSSR count). The first-order valence-corrected chi connectivity index (χ1v) is 7.76. The lowest BCUT2D eigenvalue weighted by Gasteiger charge is -2.26. The summed E-state index contributed by atoms with van der Waals surface area (Å²) in [6.45, 7) is 0.700. The number of carbonyl (C=O) groups is 1. The Labute approximate surface area is 143 Å². The first kappa shape index (κ1) is 15.8.